The minimum absolute atomic E-state index is 0.118. The van der Waals surface area contributed by atoms with Gasteiger partial charge in [-0.2, -0.15) is 0 Å². The summed E-state index contributed by atoms with van der Waals surface area (Å²) in [4.78, 5) is 15.7. The molecule has 128 valence electrons. The minimum Gasteiger partial charge on any atom is -0.497 e. The lowest BCUT2D eigenvalue weighted by Crippen LogP contribution is -2.16. The lowest BCUT2D eigenvalue weighted by Gasteiger charge is -2.09. The fraction of sp³-hybridized carbons (Fsp3) is 0.294. The number of aromatic nitrogens is 1. The number of carbonyl (C=O) groups excluding carboxylic acids is 1. The summed E-state index contributed by atoms with van der Waals surface area (Å²) in [5.74, 6) is 2.17. The molecule has 0 aliphatic rings. The van der Waals surface area contributed by atoms with Crippen molar-refractivity contribution in [2.24, 2.45) is 5.73 Å². The molecule has 2 aromatic rings. The van der Waals surface area contributed by atoms with Gasteiger partial charge in [0.1, 0.15) is 23.9 Å². The van der Waals surface area contributed by atoms with E-state index in [1.807, 2.05) is 24.3 Å². The molecular weight excluding hydrogens is 308 g/mol. The molecule has 0 aliphatic carbocycles. The Kier molecular flexibility index (Phi) is 6.85. The molecule has 7 heteroatoms. The van der Waals surface area contributed by atoms with E-state index in [9.17, 15) is 4.79 Å². The maximum atomic E-state index is 11.4. The van der Waals surface area contributed by atoms with Gasteiger partial charge in [0.2, 0.25) is 5.91 Å². The molecule has 2 rings (SSSR count). The molecular formula is C17H22N4O3. The minimum atomic E-state index is -0.118. The van der Waals surface area contributed by atoms with Gasteiger partial charge >= 0.3 is 0 Å². The number of nitrogens with two attached hydrogens (primary N) is 1. The molecule has 0 fully saturated rings. The maximum Gasteiger partial charge on any atom is 0.225 e. The first kappa shape index (κ1) is 17.6. The van der Waals surface area contributed by atoms with Crippen LogP contribution in [0.2, 0.25) is 0 Å². The Bertz CT molecular complexity index is 629. The molecule has 0 bridgehead atoms. The number of anilines is 2. The van der Waals surface area contributed by atoms with E-state index in [-0.39, 0.29) is 5.91 Å². The van der Waals surface area contributed by atoms with E-state index in [0.29, 0.717) is 37.6 Å². The van der Waals surface area contributed by atoms with E-state index in [1.165, 1.54) is 0 Å². The van der Waals surface area contributed by atoms with Gasteiger partial charge in [0.05, 0.1) is 25.5 Å². The fourth-order valence-electron chi connectivity index (χ4n) is 1.95. The summed E-state index contributed by atoms with van der Waals surface area (Å²) >= 11 is 0. The Hall–Kier alpha value is -2.80. The van der Waals surface area contributed by atoms with Crippen molar-refractivity contribution in [3.63, 3.8) is 0 Å². The first-order valence-electron chi connectivity index (χ1n) is 7.68. The van der Waals surface area contributed by atoms with E-state index < -0.39 is 0 Å². The third-order valence-electron chi connectivity index (χ3n) is 3.15. The van der Waals surface area contributed by atoms with Crippen LogP contribution in [0, 0.1) is 0 Å². The normalized spacial score (nSPS) is 10.1. The van der Waals surface area contributed by atoms with Gasteiger partial charge in [-0.05, 0) is 36.4 Å². The highest BCUT2D eigenvalue weighted by atomic mass is 16.5. The number of carbonyl (C=O) groups is 1. The van der Waals surface area contributed by atoms with Crippen LogP contribution in [0.3, 0.4) is 0 Å². The van der Waals surface area contributed by atoms with Crippen molar-refractivity contribution in [3.8, 4) is 11.5 Å². The molecule has 0 unspecified atom stereocenters. The van der Waals surface area contributed by atoms with Gasteiger partial charge in [-0.1, -0.05) is 0 Å². The van der Waals surface area contributed by atoms with Crippen molar-refractivity contribution in [2.75, 3.05) is 37.4 Å². The number of amides is 1. The van der Waals surface area contributed by atoms with Crippen LogP contribution in [0.1, 0.15) is 6.42 Å². The van der Waals surface area contributed by atoms with E-state index in [0.717, 1.165) is 11.5 Å². The van der Waals surface area contributed by atoms with Crippen LogP contribution < -0.4 is 25.8 Å². The Morgan fingerprint density at radius 3 is 2.54 bits per heavy atom. The van der Waals surface area contributed by atoms with Crippen LogP contribution in [-0.2, 0) is 4.79 Å². The molecule has 1 aromatic carbocycles. The summed E-state index contributed by atoms with van der Waals surface area (Å²) in [5, 5.41) is 5.87. The number of nitrogens with zero attached hydrogens (tertiary/aromatic N) is 1. The zero-order valence-corrected chi connectivity index (χ0v) is 13.6. The van der Waals surface area contributed by atoms with Gasteiger partial charge in [0.25, 0.3) is 0 Å². The lowest BCUT2D eigenvalue weighted by molar-refractivity contribution is -0.116. The number of hydrogen-bond acceptors (Lipinski definition) is 6. The molecule has 1 heterocycles. The second kappa shape index (κ2) is 9.36. The lowest BCUT2D eigenvalue weighted by atomic mass is 10.3. The average Bonchev–Trinajstić information content (AvgIpc) is 2.61. The topological polar surface area (TPSA) is 98.5 Å². The number of ether oxygens (including phenoxy) is 2. The van der Waals surface area contributed by atoms with Crippen molar-refractivity contribution < 1.29 is 14.3 Å². The third-order valence-corrected chi connectivity index (χ3v) is 3.15. The fourth-order valence-corrected chi connectivity index (χ4v) is 1.95. The standard InChI is InChI=1S/C17H22N4O3/c1-23-14-3-5-15(6-4-14)24-11-10-19-16-7-2-13(12-20-16)21-17(22)8-9-18/h2-7,12H,8-11,18H2,1H3,(H,19,20)(H,21,22). The molecule has 0 aliphatic heterocycles. The Labute approximate surface area is 141 Å². The number of benzene rings is 1. The first-order valence-corrected chi connectivity index (χ1v) is 7.68. The van der Waals surface area contributed by atoms with E-state index in [4.69, 9.17) is 15.2 Å². The largest absolute Gasteiger partial charge is 0.497 e. The SMILES string of the molecule is COc1ccc(OCCNc2ccc(NC(=O)CCN)cn2)cc1. The summed E-state index contributed by atoms with van der Waals surface area (Å²) in [7, 11) is 1.63. The van der Waals surface area contributed by atoms with Gasteiger partial charge in [-0.15, -0.1) is 0 Å². The molecule has 4 N–H and O–H groups in total. The van der Waals surface area contributed by atoms with Crippen molar-refractivity contribution in [2.45, 2.75) is 6.42 Å². The molecule has 0 spiro atoms. The van der Waals surface area contributed by atoms with Gasteiger partial charge in [0, 0.05) is 13.0 Å². The zero-order chi connectivity index (χ0) is 17.2. The second-order valence-electron chi connectivity index (χ2n) is 4.97. The third kappa shape index (κ3) is 5.77. The zero-order valence-electron chi connectivity index (χ0n) is 13.6. The monoisotopic (exact) mass is 330 g/mol. The van der Waals surface area contributed by atoms with Gasteiger partial charge in [0.15, 0.2) is 0 Å². The predicted octanol–water partition coefficient (Wildman–Crippen LogP) is 1.87. The van der Waals surface area contributed by atoms with E-state index >= 15 is 0 Å². The second-order valence-corrected chi connectivity index (χ2v) is 4.97. The summed E-state index contributed by atoms with van der Waals surface area (Å²) in [6.45, 7) is 1.44. The van der Waals surface area contributed by atoms with Gasteiger partial charge in [-0.25, -0.2) is 4.98 Å². The highest BCUT2D eigenvalue weighted by Gasteiger charge is 2.01. The number of methoxy groups -OCH3 is 1. The van der Waals surface area contributed by atoms with E-state index in [2.05, 4.69) is 15.6 Å². The summed E-state index contributed by atoms with van der Waals surface area (Å²) in [6.07, 6.45) is 1.89. The molecule has 24 heavy (non-hydrogen) atoms. The quantitative estimate of drug-likeness (QED) is 0.607. The molecule has 1 aromatic heterocycles. The average molecular weight is 330 g/mol. The van der Waals surface area contributed by atoms with Crippen LogP contribution in [-0.4, -0.2) is 37.7 Å². The molecule has 7 nitrogen and oxygen atoms in total. The van der Waals surface area contributed by atoms with Crippen molar-refractivity contribution >= 4 is 17.4 Å². The van der Waals surface area contributed by atoms with Crippen molar-refractivity contribution in [1.82, 2.24) is 4.98 Å². The van der Waals surface area contributed by atoms with Gasteiger partial charge < -0.3 is 25.8 Å². The molecule has 0 saturated carbocycles. The van der Waals surface area contributed by atoms with Crippen molar-refractivity contribution in [1.29, 1.82) is 0 Å². The van der Waals surface area contributed by atoms with Crippen molar-refractivity contribution in [3.05, 3.63) is 42.6 Å². The number of hydrogen-bond donors (Lipinski definition) is 3. The number of rotatable bonds is 9. The molecule has 0 atom stereocenters. The van der Waals surface area contributed by atoms with Crippen LogP contribution in [0.5, 0.6) is 11.5 Å². The number of nitrogens with one attached hydrogen (secondary N) is 2. The summed E-state index contributed by atoms with van der Waals surface area (Å²) < 4.78 is 10.7. The Balaban J connectivity index is 1.71. The Morgan fingerprint density at radius 1 is 1.17 bits per heavy atom. The highest BCUT2D eigenvalue weighted by molar-refractivity contribution is 5.90. The smallest absolute Gasteiger partial charge is 0.225 e. The Morgan fingerprint density at radius 2 is 1.92 bits per heavy atom. The predicted molar refractivity (Wildman–Crippen MR) is 93.5 cm³/mol. The highest BCUT2D eigenvalue weighted by Crippen LogP contribution is 2.16. The van der Waals surface area contributed by atoms with E-state index in [1.54, 1.807) is 25.4 Å². The van der Waals surface area contributed by atoms with Crippen LogP contribution in [0.25, 0.3) is 0 Å². The van der Waals surface area contributed by atoms with Gasteiger partial charge in [-0.3, -0.25) is 4.79 Å². The molecule has 1 amide bonds. The van der Waals surface area contributed by atoms with Crippen LogP contribution >= 0.6 is 0 Å². The summed E-state index contributed by atoms with van der Waals surface area (Å²) in [6, 6.07) is 11.0. The molecule has 0 radical (unpaired) electrons. The maximum absolute atomic E-state index is 11.4. The number of pyridine rings is 1. The molecule has 0 saturated heterocycles. The van der Waals surface area contributed by atoms with Crippen LogP contribution in [0.15, 0.2) is 42.6 Å². The summed E-state index contributed by atoms with van der Waals surface area (Å²) in [5.41, 5.74) is 5.97. The first-order chi connectivity index (χ1) is 11.7. The van der Waals surface area contributed by atoms with Crippen LogP contribution in [0.4, 0.5) is 11.5 Å².